The predicted octanol–water partition coefficient (Wildman–Crippen LogP) is 1.87. The molecule has 78 valence electrons. The second-order valence-electron chi connectivity index (χ2n) is 3.83. The highest BCUT2D eigenvalue weighted by atomic mass is 79.9. The Morgan fingerprint density at radius 3 is 3.07 bits per heavy atom. The van der Waals surface area contributed by atoms with Crippen molar-refractivity contribution in [1.82, 2.24) is 14.7 Å². The fourth-order valence-corrected chi connectivity index (χ4v) is 2.46. The molecule has 1 atom stereocenters. The van der Waals surface area contributed by atoms with Gasteiger partial charge in [-0.15, -0.1) is 0 Å². The van der Waals surface area contributed by atoms with E-state index in [9.17, 15) is 0 Å². The zero-order chi connectivity index (χ0) is 9.97. The third-order valence-electron chi connectivity index (χ3n) is 2.63. The standard InChI is InChI=1S/C10H16BrN3/c1-2-14-7-9(5-12-14)6-13-4-3-10(11)8-13/h5,7,10H,2-4,6,8H2,1H3. The third kappa shape index (κ3) is 2.36. The van der Waals surface area contributed by atoms with Crippen LogP contribution in [0.4, 0.5) is 0 Å². The van der Waals surface area contributed by atoms with Crippen molar-refractivity contribution in [3.05, 3.63) is 18.0 Å². The van der Waals surface area contributed by atoms with Gasteiger partial charge in [0.25, 0.3) is 0 Å². The molecule has 0 radical (unpaired) electrons. The summed E-state index contributed by atoms with van der Waals surface area (Å²) in [5, 5.41) is 4.27. The number of aryl methyl sites for hydroxylation is 1. The molecule has 0 amide bonds. The Labute approximate surface area is 93.2 Å². The number of likely N-dealkylation sites (tertiary alicyclic amines) is 1. The fraction of sp³-hybridized carbons (Fsp3) is 0.700. The first-order valence-corrected chi connectivity index (χ1v) is 6.07. The van der Waals surface area contributed by atoms with Gasteiger partial charge in [0.2, 0.25) is 0 Å². The van der Waals surface area contributed by atoms with Crippen LogP contribution in [0, 0.1) is 0 Å². The Morgan fingerprint density at radius 1 is 1.64 bits per heavy atom. The van der Waals surface area contributed by atoms with Crippen LogP contribution in [0.25, 0.3) is 0 Å². The molecule has 2 heterocycles. The maximum absolute atomic E-state index is 4.27. The lowest BCUT2D eigenvalue weighted by Gasteiger charge is -2.12. The van der Waals surface area contributed by atoms with Crippen LogP contribution in [-0.4, -0.2) is 32.6 Å². The second-order valence-corrected chi connectivity index (χ2v) is 5.12. The SMILES string of the molecule is CCn1cc(CN2CCC(Br)C2)cn1. The van der Waals surface area contributed by atoms with Crippen molar-refractivity contribution < 1.29 is 0 Å². The lowest BCUT2D eigenvalue weighted by molar-refractivity contribution is 0.332. The van der Waals surface area contributed by atoms with E-state index in [1.165, 1.54) is 18.5 Å². The van der Waals surface area contributed by atoms with Gasteiger partial charge in [-0.05, 0) is 19.9 Å². The van der Waals surface area contributed by atoms with Gasteiger partial charge in [-0.2, -0.15) is 5.10 Å². The number of rotatable bonds is 3. The van der Waals surface area contributed by atoms with E-state index in [1.54, 1.807) is 0 Å². The summed E-state index contributed by atoms with van der Waals surface area (Å²) in [7, 11) is 0. The van der Waals surface area contributed by atoms with E-state index in [2.05, 4.69) is 39.0 Å². The number of halogens is 1. The molecular weight excluding hydrogens is 242 g/mol. The topological polar surface area (TPSA) is 21.1 Å². The van der Waals surface area contributed by atoms with Gasteiger partial charge in [0, 0.05) is 36.2 Å². The highest BCUT2D eigenvalue weighted by Crippen LogP contribution is 2.18. The van der Waals surface area contributed by atoms with Crippen LogP contribution in [0.5, 0.6) is 0 Å². The Morgan fingerprint density at radius 2 is 2.50 bits per heavy atom. The minimum absolute atomic E-state index is 0.684. The lowest BCUT2D eigenvalue weighted by atomic mass is 10.3. The highest BCUT2D eigenvalue weighted by molar-refractivity contribution is 9.09. The van der Waals surface area contributed by atoms with E-state index in [-0.39, 0.29) is 0 Å². The normalized spacial score (nSPS) is 23.1. The summed E-state index contributed by atoms with van der Waals surface area (Å²) in [6.07, 6.45) is 5.38. The predicted molar refractivity (Wildman–Crippen MR) is 60.5 cm³/mol. The van der Waals surface area contributed by atoms with Gasteiger partial charge in [-0.1, -0.05) is 15.9 Å². The molecule has 1 aliphatic heterocycles. The van der Waals surface area contributed by atoms with Gasteiger partial charge >= 0.3 is 0 Å². The van der Waals surface area contributed by atoms with E-state index in [1.807, 2.05) is 10.9 Å². The van der Waals surface area contributed by atoms with Crippen molar-refractivity contribution in [3.63, 3.8) is 0 Å². The van der Waals surface area contributed by atoms with E-state index >= 15 is 0 Å². The van der Waals surface area contributed by atoms with Crippen LogP contribution in [0.3, 0.4) is 0 Å². The fourth-order valence-electron chi connectivity index (χ4n) is 1.85. The van der Waals surface area contributed by atoms with E-state index in [0.717, 1.165) is 19.6 Å². The summed E-state index contributed by atoms with van der Waals surface area (Å²) in [5.74, 6) is 0. The Kier molecular flexibility index (Phi) is 3.23. The van der Waals surface area contributed by atoms with Crippen molar-refractivity contribution in [2.45, 2.75) is 31.3 Å². The molecule has 1 aromatic rings. The number of nitrogens with zero attached hydrogens (tertiary/aromatic N) is 3. The summed E-state index contributed by atoms with van der Waals surface area (Å²) in [4.78, 5) is 3.15. The maximum Gasteiger partial charge on any atom is 0.0534 e. The van der Waals surface area contributed by atoms with Crippen LogP contribution in [0.1, 0.15) is 18.9 Å². The molecular formula is C10H16BrN3. The van der Waals surface area contributed by atoms with Crippen LogP contribution in [-0.2, 0) is 13.1 Å². The molecule has 0 bridgehead atoms. The first-order valence-electron chi connectivity index (χ1n) is 5.15. The first kappa shape index (κ1) is 10.2. The minimum Gasteiger partial charge on any atom is -0.298 e. The van der Waals surface area contributed by atoms with Crippen molar-refractivity contribution >= 4 is 15.9 Å². The number of aromatic nitrogens is 2. The van der Waals surface area contributed by atoms with Crippen LogP contribution in [0.2, 0.25) is 0 Å². The quantitative estimate of drug-likeness (QED) is 0.772. The Bertz CT molecular complexity index is 297. The highest BCUT2D eigenvalue weighted by Gasteiger charge is 2.19. The van der Waals surface area contributed by atoms with Crippen molar-refractivity contribution in [1.29, 1.82) is 0 Å². The molecule has 0 N–H and O–H groups in total. The molecule has 1 fully saturated rings. The molecule has 2 rings (SSSR count). The van der Waals surface area contributed by atoms with Crippen molar-refractivity contribution in [2.24, 2.45) is 0 Å². The average molecular weight is 258 g/mol. The van der Waals surface area contributed by atoms with E-state index in [0.29, 0.717) is 4.83 Å². The third-order valence-corrected chi connectivity index (χ3v) is 3.38. The molecule has 1 unspecified atom stereocenters. The Balaban J connectivity index is 1.90. The van der Waals surface area contributed by atoms with Crippen LogP contribution >= 0.6 is 15.9 Å². The molecule has 0 aromatic carbocycles. The van der Waals surface area contributed by atoms with Crippen molar-refractivity contribution in [3.8, 4) is 0 Å². The summed E-state index contributed by atoms with van der Waals surface area (Å²) in [6.45, 7) is 6.48. The van der Waals surface area contributed by atoms with Gasteiger partial charge in [0.1, 0.15) is 0 Å². The number of hydrogen-bond donors (Lipinski definition) is 0. The molecule has 1 aromatic heterocycles. The minimum atomic E-state index is 0.684. The smallest absolute Gasteiger partial charge is 0.0534 e. The van der Waals surface area contributed by atoms with E-state index in [4.69, 9.17) is 0 Å². The van der Waals surface area contributed by atoms with E-state index < -0.39 is 0 Å². The summed E-state index contributed by atoms with van der Waals surface area (Å²) in [6, 6.07) is 0. The van der Waals surface area contributed by atoms with Crippen LogP contribution in [0.15, 0.2) is 12.4 Å². The molecule has 0 aliphatic carbocycles. The zero-order valence-electron chi connectivity index (χ0n) is 8.49. The molecule has 14 heavy (non-hydrogen) atoms. The number of alkyl halides is 1. The number of hydrogen-bond acceptors (Lipinski definition) is 2. The zero-order valence-corrected chi connectivity index (χ0v) is 10.1. The van der Waals surface area contributed by atoms with Gasteiger partial charge in [-0.3, -0.25) is 9.58 Å². The maximum atomic E-state index is 4.27. The summed E-state index contributed by atoms with van der Waals surface area (Å²) >= 11 is 3.65. The van der Waals surface area contributed by atoms with Crippen LogP contribution < -0.4 is 0 Å². The average Bonchev–Trinajstić information content (AvgIpc) is 2.76. The molecule has 0 saturated carbocycles. The molecule has 4 heteroatoms. The van der Waals surface area contributed by atoms with Crippen molar-refractivity contribution in [2.75, 3.05) is 13.1 Å². The Hall–Kier alpha value is -0.350. The summed E-state index contributed by atoms with van der Waals surface area (Å²) in [5.41, 5.74) is 1.33. The second kappa shape index (κ2) is 4.45. The molecule has 1 aliphatic rings. The lowest BCUT2D eigenvalue weighted by Crippen LogP contribution is -2.19. The summed E-state index contributed by atoms with van der Waals surface area (Å²) < 4.78 is 1.98. The first-order chi connectivity index (χ1) is 6.78. The van der Waals surface area contributed by atoms with Gasteiger partial charge in [0.15, 0.2) is 0 Å². The molecule has 0 spiro atoms. The van der Waals surface area contributed by atoms with Gasteiger partial charge in [-0.25, -0.2) is 0 Å². The molecule has 3 nitrogen and oxygen atoms in total. The van der Waals surface area contributed by atoms with Gasteiger partial charge < -0.3 is 0 Å². The largest absolute Gasteiger partial charge is 0.298 e. The molecule has 1 saturated heterocycles. The van der Waals surface area contributed by atoms with Gasteiger partial charge in [0.05, 0.1) is 6.20 Å². The monoisotopic (exact) mass is 257 g/mol.